The summed E-state index contributed by atoms with van der Waals surface area (Å²) in [6, 6.07) is 0. The molecule has 0 aromatic heterocycles. The van der Waals surface area contributed by atoms with E-state index in [0.717, 1.165) is 39.5 Å². The van der Waals surface area contributed by atoms with Gasteiger partial charge in [0.2, 0.25) is 0 Å². The van der Waals surface area contributed by atoms with E-state index >= 15 is 0 Å². The second-order valence-corrected chi connectivity index (χ2v) is 6.59. The second-order valence-electron chi connectivity index (χ2n) is 6.59. The molecule has 1 saturated carbocycles. The molecule has 4 heteroatoms. The summed E-state index contributed by atoms with van der Waals surface area (Å²) in [5.41, 5.74) is 0.459. The average molecular weight is 255 g/mol. The van der Waals surface area contributed by atoms with Crippen LogP contribution in [0.15, 0.2) is 0 Å². The largest absolute Gasteiger partial charge is 0.378 e. The number of hydrogen-bond donors (Lipinski definition) is 0. The summed E-state index contributed by atoms with van der Waals surface area (Å²) in [4.78, 5) is 2.56. The summed E-state index contributed by atoms with van der Waals surface area (Å²) >= 11 is 0. The van der Waals surface area contributed by atoms with Gasteiger partial charge in [-0.25, -0.2) is 0 Å². The number of morpholine rings is 1. The molecule has 3 fully saturated rings. The van der Waals surface area contributed by atoms with E-state index in [9.17, 15) is 0 Å². The van der Waals surface area contributed by atoms with Gasteiger partial charge < -0.3 is 14.2 Å². The first-order valence-corrected chi connectivity index (χ1v) is 7.17. The second kappa shape index (κ2) is 4.75. The molecular weight excluding hydrogens is 230 g/mol. The maximum absolute atomic E-state index is 5.87. The molecule has 104 valence electrons. The van der Waals surface area contributed by atoms with Gasteiger partial charge in [0.1, 0.15) is 5.60 Å². The third-order valence-electron chi connectivity index (χ3n) is 4.30. The van der Waals surface area contributed by atoms with Crippen molar-refractivity contribution in [1.82, 2.24) is 4.90 Å². The van der Waals surface area contributed by atoms with Crippen molar-refractivity contribution in [2.75, 3.05) is 46.1 Å². The van der Waals surface area contributed by atoms with Crippen molar-refractivity contribution in [3.63, 3.8) is 0 Å². The Hall–Kier alpha value is -0.160. The molecule has 2 heterocycles. The third kappa shape index (κ3) is 2.72. The summed E-state index contributed by atoms with van der Waals surface area (Å²) in [6.07, 6.45) is 2.99. The van der Waals surface area contributed by atoms with Crippen molar-refractivity contribution in [3.05, 3.63) is 0 Å². The quantitative estimate of drug-likeness (QED) is 0.741. The Balaban J connectivity index is 1.50. The van der Waals surface area contributed by atoms with E-state index in [4.69, 9.17) is 14.2 Å². The SMILES string of the molecule is CC(C)OCC1(CN2CCOC3(COC3)C2)CC1. The number of rotatable bonds is 5. The molecule has 0 unspecified atom stereocenters. The Labute approximate surface area is 110 Å². The highest BCUT2D eigenvalue weighted by molar-refractivity contribution is 4.99. The standard InChI is InChI=1S/C14H25NO3/c1-12(2)17-9-13(3-4-13)7-15-5-6-18-14(8-15)10-16-11-14/h12H,3-11H2,1-2H3. The van der Waals surface area contributed by atoms with Gasteiger partial charge in [-0.05, 0) is 26.7 Å². The summed E-state index contributed by atoms with van der Waals surface area (Å²) in [7, 11) is 0. The summed E-state index contributed by atoms with van der Waals surface area (Å²) in [5.74, 6) is 0. The van der Waals surface area contributed by atoms with Crippen molar-refractivity contribution in [3.8, 4) is 0 Å². The fourth-order valence-electron chi connectivity index (χ4n) is 2.91. The van der Waals surface area contributed by atoms with Crippen LogP contribution in [0.25, 0.3) is 0 Å². The average Bonchev–Trinajstić information content (AvgIpc) is 3.05. The summed E-state index contributed by atoms with van der Waals surface area (Å²) in [5, 5.41) is 0. The zero-order valence-corrected chi connectivity index (χ0v) is 11.6. The van der Waals surface area contributed by atoms with Crippen LogP contribution >= 0.6 is 0 Å². The normalized spacial score (nSPS) is 29.5. The van der Waals surface area contributed by atoms with E-state index in [0.29, 0.717) is 11.5 Å². The van der Waals surface area contributed by atoms with Crippen LogP contribution in [0.4, 0.5) is 0 Å². The van der Waals surface area contributed by atoms with Crippen molar-refractivity contribution in [2.24, 2.45) is 5.41 Å². The monoisotopic (exact) mass is 255 g/mol. The Morgan fingerprint density at radius 1 is 1.28 bits per heavy atom. The van der Waals surface area contributed by atoms with E-state index < -0.39 is 0 Å². The van der Waals surface area contributed by atoms with Crippen LogP contribution in [0, 0.1) is 5.41 Å². The minimum Gasteiger partial charge on any atom is -0.378 e. The van der Waals surface area contributed by atoms with Crippen LogP contribution in [0.2, 0.25) is 0 Å². The number of nitrogens with zero attached hydrogens (tertiary/aromatic N) is 1. The van der Waals surface area contributed by atoms with Gasteiger partial charge in [-0.3, -0.25) is 4.90 Å². The minimum absolute atomic E-state index is 0.0211. The van der Waals surface area contributed by atoms with Crippen LogP contribution in [0.5, 0.6) is 0 Å². The third-order valence-corrected chi connectivity index (χ3v) is 4.30. The molecule has 3 aliphatic rings. The number of hydrogen-bond acceptors (Lipinski definition) is 4. The molecule has 0 aromatic carbocycles. The van der Waals surface area contributed by atoms with Gasteiger partial charge in [0.15, 0.2) is 0 Å². The zero-order valence-electron chi connectivity index (χ0n) is 11.6. The molecule has 2 aliphatic heterocycles. The van der Waals surface area contributed by atoms with Crippen LogP contribution < -0.4 is 0 Å². The van der Waals surface area contributed by atoms with Crippen molar-refractivity contribution in [1.29, 1.82) is 0 Å². The first kappa shape index (κ1) is 12.9. The molecule has 0 bridgehead atoms. The Bertz CT molecular complexity index is 297. The predicted octanol–water partition coefficient (Wildman–Crippen LogP) is 1.29. The maximum Gasteiger partial charge on any atom is 0.127 e. The smallest absolute Gasteiger partial charge is 0.127 e. The van der Waals surface area contributed by atoms with E-state index in [1.165, 1.54) is 19.4 Å². The molecule has 0 aromatic rings. The molecule has 18 heavy (non-hydrogen) atoms. The van der Waals surface area contributed by atoms with Gasteiger partial charge in [0.05, 0.1) is 32.5 Å². The fourth-order valence-corrected chi connectivity index (χ4v) is 2.91. The van der Waals surface area contributed by atoms with Crippen LogP contribution in [0.3, 0.4) is 0 Å². The number of ether oxygens (including phenoxy) is 3. The lowest BCUT2D eigenvalue weighted by Gasteiger charge is -2.48. The van der Waals surface area contributed by atoms with E-state index in [1.54, 1.807) is 0 Å². The molecule has 2 saturated heterocycles. The van der Waals surface area contributed by atoms with Crippen molar-refractivity contribution in [2.45, 2.75) is 38.4 Å². The minimum atomic E-state index is 0.0211. The highest BCUT2D eigenvalue weighted by atomic mass is 16.6. The lowest BCUT2D eigenvalue weighted by molar-refractivity contribution is -0.239. The summed E-state index contributed by atoms with van der Waals surface area (Å²) < 4.78 is 17.0. The van der Waals surface area contributed by atoms with E-state index in [1.807, 2.05) is 0 Å². The lowest BCUT2D eigenvalue weighted by atomic mass is 9.98. The van der Waals surface area contributed by atoms with E-state index in [-0.39, 0.29) is 5.60 Å². The molecule has 0 radical (unpaired) electrons. The van der Waals surface area contributed by atoms with Gasteiger partial charge in [-0.15, -0.1) is 0 Å². The molecule has 1 aliphatic carbocycles. The highest BCUT2D eigenvalue weighted by Gasteiger charge is 2.48. The molecule has 1 spiro atoms. The maximum atomic E-state index is 5.87. The van der Waals surface area contributed by atoms with Gasteiger partial charge >= 0.3 is 0 Å². The molecule has 0 amide bonds. The predicted molar refractivity (Wildman–Crippen MR) is 68.7 cm³/mol. The van der Waals surface area contributed by atoms with Crippen LogP contribution in [-0.2, 0) is 14.2 Å². The molecule has 3 rings (SSSR count). The topological polar surface area (TPSA) is 30.9 Å². The van der Waals surface area contributed by atoms with Gasteiger partial charge in [0.25, 0.3) is 0 Å². The molecule has 0 N–H and O–H groups in total. The molecule has 4 nitrogen and oxygen atoms in total. The van der Waals surface area contributed by atoms with Crippen molar-refractivity contribution < 1.29 is 14.2 Å². The van der Waals surface area contributed by atoms with Crippen LogP contribution in [-0.4, -0.2) is 62.7 Å². The Morgan fingerprint density at radius 3 is 2.61 bits per heavy atom. The lowest BCUT2D eigenvalue weighted by Crippen LogP contribution is -2.63. The van der Waals surface area contributed by atoms with E-state index in [2.05, 4.69) is 18.7 Å². The van der Waals surface area contributed by atoms with Crippen molar-refractivity contribution >= 4 is 0 Å². The van der Waals surface area contributed by atoms with Gasteiger partial charge in [0, 0.05) is 25.0 Å². The Morgan fingerprint density at radius 2 is 2.06 bits per heavy atom. The first-order chi connectivity index (χ1) is 8.62. The van der Waals surface area contributed by atoms with Crippen LogP contribution in [0.1, 0.15) is 26.7 Å². The fraction of sp³-hybridized carbons (Fsp3) is 1.00. The summed E-state index contributed by atoms with van der Waals surface area (Å²) in [6.45, 7) is 10.8. The van der Waals surface area contributed by atoms with Gasteiger partial charge in [-0.1, -0.05) is 0 Å². The molecule has 0 atom stereocenters. The van der Waals surface area contributed by atoms with Gasteiger partial charge in [-0.2, -0.15) is 0 Å². The first-order valence-electron chi connectivity index (χ1n) is 7.17. The molecular formula is C14H25NO3. The Kier molecular flexibility index (Phi) is 3.39. The highest BCUT2D eigenvalue weighted by Crippen LogP contribution is 2.47. The zero-order chi connectivity index (χ0) is 12.6.